The first kappa shape index (κ1) is 37.8. The molecule has 1 spiro atoms. The number of carbonyl (C=O) groups is 2. The van der Waals surface area contributed by atoms with Crippen molar-refractivity contribution in [2.24, 2.45) is 28.0 Å². The summed E-state index contributed by atoms with van der Waals surface area (Å²) in [6.45, 7) is 13.3. The number of aliphatic hydroxyl groups is 1. The fourth-order valence-corrected chi connectivity index (χ4v) is 10.8. The fourth-order valence-electron chi connectivity index (χ4n) is 8.70. The Hall–Kier alpha value is -2.92. The standard InChI is InChI=1S/C40H54ClN3O6S/c1-7-9-25(2)27(4)51(48,43-38(46)31-20-39(5,47)21-31)42-37(45)29-12-16-36-35(19-29)44(22-30-11-14-33(30)26(3)49-6)23-40(24-50-36)17-8-10-28-18-32(41)13-15-34(28)40/h7,12-13,15-16,18-19,25-27,30-31,33,47H,1,8-11,14,17,20-24H2,2-6H3,(H,42,43,45,46,48)/t25-,26-,27+,30-,31?,33-,39?,40-,51?/m0/s1. The second-order valence-electron chi connectivity index (χ2n) is 16.0. The molecule has 9 nitrogen and oxygen atoms in total. The van der Waals surface area contributed by atoms with E-state index in [1.54, 1.807) is 33.1 Å². The highest BCUT2D eigenvalue weighted by molar-refractivity contribution is 7.93. The number of rotatable bonds is 11. The zero-order chi connectivity index (χ0) is 36.7. The molecule has 1 aliphatic heterocycles. The minimum atomic E-state index is -3.55. The van der Waals surface area contributed by atoms with E-state index in [2.05, 4.69) is 39.6 Å². The number of aryl methyl sites for hydroxylation is 1. The van der Waals surface area contributed by atoms with Gasteiger partial charge in [-0.2, -0.15) is 0 Å². The lowest BCUT2D eigenvalue weighted by atomic mass is 9.68. The molecule has 278 valence electrons. The summed E-state index contributed by atoms with van der Waals surface area (Å²) in [4.78, 5) is 29.7. The second kappa shape index (κ2) is 14.8. The van der Waals surface area contributed by atoms with E-state index < -0.39 is 38.5 Å². The predicted octanol–water partition coefficient (Wildman–Crippen LogP) is 7.28. The molecule has 4 aliphatic rings. The highest BCUT2D eigenvalue weighted by Crippen LogP contribution is 2.47. The van der Waals surface area contributed by atoms with Crippen molar-refractivity contribution in [3.05, 3.63) is 70.8 Å². The maximum Gasteiger partial charge on any atom is 0.286 e. The lowest BCUT2D eigenvalue weighted by Crippen LogP contribution is -2.51. The Morgan fingerprint density at radius 1 is 1.22 bits per heavy atom. The Bertz CT molecular complexity index is 1780. The molecule has 7 atom stereocenters. The van der Waals surface area contributed by atoms with Gasteiger partial charge in [0.05, 0.1) is 29.2 Å². The molecule has 2 N–H and O–H groups in total. The van der Waals surface area contributed by atoms with E-state index in [9.17, 15) is 18.9 Å². The van der Waals surface area contributed by atoms with Crippen LogP contribution in [0.1, 0.15) is 94.1 Å². The van der Waals surface area contributed by atoms with Gasteiger partial charge in [-0.25, -0.2) is 4.21 Å². The van der Waals surface area contributed by atoms with E-state index >= 15 is 0 Å². The number of carbonyl (C=O) groups excluding carboxylic acids is 2. The van der Waals surface area contributed by atoms with Gasteiger partial charge in [0.15, 0.2) is 0 Å². The van der Waals surface area contributed by atoms with Crippen LogP contribution in [0.2, 0.25) is 5.02 Å². The maximum absolute atomic E-state index is 14.6. The smallest absolute Gasteiger partial charge is 0.286 e. The number of benzene rings is 2. The number of nitrogens with zero attached hydrogens (tertiary/aromatic N) is 2. The van der Waals surface area contributed by atoms with Crippen molar-refractivity contribution in [1.82, 2.24) is 4.72 Å². The van der Waals surface area contributed by atoms with Crippen molar-refractivity contribution in [2.45, 2.75) is 101 Å². The van der Waals surface area contributed by atoms with Crippen molar-refractivity contribution >= 4 is 39.0 Å². The first-order chi connectivity index (χ1) is 24.2. The molecule has 0 aromatic heterocycles. The zero-order valence-corrected chi connectivity index (χ0v) is 32.2. The van der Waals surface area contributed by atoms with Crippen LogP contribution in [0.15, 0.2) is 53.4 Å². The monoisotopic (exact) mass is 739 g/mol. The summed E-state index contributed by atoms with van der Waals surface area (Å²) >= 11 is 6.45. The second-order valence-corrected chi connectivity index (χ2v) is 18.7. The predicted molar refractivity (Wildman–Crippen MR) is 203 cm³/mol. The molecule has 1 unspecified atom stereocenters. The third-order valence-corrected chi connectivity index (χ3v) is 14.9. The molecule has 2 amide bonds. The van der Waals surface area contributed by atoms with Gasteiger partial charge in [-0.05, 0) is 131 Å². The third-order valence-electron chi connectivity index (χ3n) is 12.2. The summed E-state index contributed by atoms with van der Waals surface area (Å²) in [5.41, 5.74) is 2.42. The summed E-state index contributed by atoms with van der Waals surface area (Å²) in [6.07, 6.45) is 8.13. The number of methoxy groups -OCH3 is 1. The van der Waals surface area contributed by atoms with Gasteiger partial charge in [0.2, 0.25) is 5.91 Å². The lowest BCUT2D eigenvalue weighted by molar-refractivity contribution is -0.137. The van der Waals surface area contributed by atoms with Crippen molar-refractivity contribution in [2.75, 3.05) is 31.7 Å². The highest BCUT2D eigenvalue weighted by Gasteiger charge is 2.45. The summed E-state index contributed by atoms with van der Waals surface area (Å²) in [5, 5.41) is 10.3. The first-order valence-corrected chi connectivity index (χ1v) is 20.4. The number of nitrogens with one attached hydrogen (secondary N) is 1. The normalized spacial score (nSPS) is 29.7. The van der Waals surface area contributed by atoms with Crippen molar-refractivity contribution in [3.8, 4) is 5.75 Å². The largest absolute Gasteiger partial charge is 0.490 e. The molecule has 2 aromatic carbocycles. The van der Waals surface area contributed by atoms with Gasteiger partial charge in [-0.3, -0.25) is 14.3 Å². The summed E-state index contributed by atoms with van der Waals surface area (Å²) in [7, 11) is -1.78. The molecular weight excluding hydrogens is 686 g/mol. The molecule has 6 rings (SSSR count). The number of hydrogen-bond donors (Lipinski definition) is 2. The Kier molecular flexibility index (Phi) is 11.0. The lowest BCUT2D eigenvalue weighted by Gasteiger charge is -2.45. The average Bonchev–Trinajstić information content (AvgIpc) is 3.21. The van der Waals surface area contributed by atoms with Gasteiger partial charge in [-0.15, -0.1) is 10.9 Å². The highest BCUT2D eigenvalue weighted by atomic mass is 35.5. The number of anilines is 1. The van der Waals surface area contributed by atoms with E-state index in [-0.39, 0.29) is 35.8 Å². The van der Waals surface area contributed by atoms with Crippen LogP contribution in [0.4, 0.5) is 5.69 Å². The summed E-state index contributed by atoms with van der Waals surface area (Å²) < 4.78 is 34.0. The average molecular weight is 740 g/mol. The minimum Gasteiger partial charge on any atom is -0.490 e. The summed E-state index contributed by atoms with van der Waals surface area (Å²) in [5.74, 6) is -0.234. The fraction of sp³-hybridized carbons (Fsp3) is 0.600. The molecule has 1 heterocycles. The van der Waals surface area contributed by atoms with Gasteiger partial charge < -0.3 is 19.5 Å². The SMILES string of the molecule is C=CC[C@H](C)[C@@H](C)S(=O)(=NC(=O)c1ccc2c(c1)N(C[C@@H]1CC[C@H]1[C@H](C)OC)C[C@@]1(CCCc3cc(Cl)ccc31)CO2)NC(=O)C1CC(C)(O)C1. The van der Waals surface area contributed by atoms with E-state index in [4.69, 9.17) is 21.1 Å². The molecule has 51 heavy (non-hydrogen) atoms. The topological polar surface area (TPSA) is 118 Å². The number of ether oxygens (including phenoxy) is 2. The quantitative estimate of drug-likeness (QED) is 0.233. The van der Waals surface area contributed by atoms with Gasteiger partial charge in [0.1, 0.15) is 15.7 Å². The molecule has 2 fully saturated rings. The molecule has 0 bridgehead atoms. The van der Waals surface area contributed by atoms with Crippen molar-refractivity contribution < 1.29 is 28.4 Å². The number of allylic oxidation sites excluding steroid dienone is 1. The van der Waals surface area contributed by atoms with Crippen molar-refractivity contribution in [3.63, 3.8) is 0 Å². The molecule has 0 radical (unpaired) electrons. The van der Waals surface area contributed by atoms with Gasteiger partial charge in [0, 0.05) is 42.1 Å². The maximum atomic E-state index is 14.6. The zero-order valence-electron chi connectivity index (χ0n) is 30.7. The Balaban J connectivity index is 1.36. The third kappa shape index (κ3) is 7.75. The number of fused-ring (bicyclic) bond motifs is 3. The van der Waals surface area contributed by atoms with Crippen LogP contribution < -0.4 is 14.4 Å². The molecule has 2 aromatic rings. The Morgan fingerprint density at radius 2 is 1.98 bits per heavy atom. The van der Waals surface area contributed by atoms with E-state index in [0.29, 0.717) is 37.2 Å². The van der Waals surface area contributed by atoms with E-state index in [0.717, 1.165) is 49.4 Å². The number of halogens is 1. The van der Waals surface area contributed by atoms with E-state index in [1.165, 1.54) is 11.1 Å². The minimum absolute atomic E-state index is 0.143. The van der Waals surface area contributed by atoms with Gasteiger partial charge >= 0.3 is 0 Å². The molecule has 3 aliphatic carbocycles. The van der Waals surface area contributed by atoms with E-state index in [1.807, 2.05) is 25.1 Å². The molecule has 11 heteroatoms. The van der Waals surface area contributed by atoms with Crippen LogP contribution in [0.3, 0.4) is 0 Å². The van der Waals surface area contributed by atoms with Gasteiger partial charge in [-0.1, -0.05) is 30.7 Å². The molecular formula is C40H54ClN3O6S. The van der Waals surface area contributed by atoms with Crippen LogP contribution in [0.25, 0.3) is 0 Å². The van der Waals surface area contributed by atoms with Crippen LogP contribution in [0.5, 0.6) is 5.75 Å². The van der Waals surface area contributed by atoms with Crippen molar-refractivity contribution in [1.29, 1.82) is 0 Å². The number of hydrogen-bond acceptors (Lipinski definition) is 7. The molecule has 2 saturated carbocycles. The Labute approximate surface area is 308 Å². The number of amides is 2. The summed E-state index contributed by atoms with van der Waals surface area (Å²) in [6, 6.07) is 11.5. The van der Waals surface area contributed by atoms with Crippen LogP contribution in [-0.2, 0) is 31.3 Å². The van der Waals surface area contributed by atoms with Crippen LogP contribution in [-0.4, -0.2) is 64.9 Å². The van der Waals surface area contributed by atoms with Crippen LogP contribution >= 0.6 is 11.6 Å². The Morgan fingerprint density at radius 3 is 2.65 bits per heavy atom. The first-order valence-electron chi connectivity index (χ1n) is 18.5. The molecule has 0 saturated heterocycles. The van der Waals surface area contributed by atoms with Gasteiger partial charge in [0.25, 0.3) is 5.91 Å². The van der Waals surface area contributed by atoms with Crippen LogP contribution in [0, 0.1) is 23.7 Å².